The number of thiazole rings is 1. The first-order valence-corrected chi connectivity index (χ1v) is 16.9. The van der Waals surface area contributed by atoms with E-state index >= 15 is 0 Å². The Balaban J connectivity index is 1.08. The molecule has 7 atom stereocenters. The van der Waals surface area contributed by atoms with Gasteiger partial charge in [-0.05, 0) is 80.0 Å². The summed E-state index contributed by atoms with van der Waals surface area (Å²) >= 11 is 2.89. The van der Waals surface area contributed by atoms with Crippen molar-refractivity contribution in [1.29, 1.82) is 0 Å². The van der Waals surface area contributed by atoms with Crippen molar-refractivity contribution in [3.63, 3.8) is 0 Å². The van der Waals surface area contributed by atoms with Gasteiger partial charge in [0, 0.05) is 21.7 Å². The molecule has 0 radical (unpaired) electrons. The van der Waals surface area contributed by atoms with Gasteiger partial charge in [0.15, 0.2) is 6.61 Å². The summed E-state index contributed by atoms with van der Waals surface area (Å²) in [5.74, 6) is -0.593. The van der Waals surface area contributed by atoms with Crippen LogP contribution in [-0.4, -0.2) is 34.6 Å². The lowest BCUT2D eigenvalue weighted by Crippen LogP contribution is -2.42. The number of aromatic nitrogens is 1. The van der Waals surface area contributed by atoms with E-state index in [0.29, 0.717) is 17.1 Å². The molecule has 45 heavy (non-hydrogen) atoms. The van der Waals surface area contributed by atoms with Gasteiger partial charge in [0.1, 0.15) is 5.75 Å². The summed E-state index contributed by atoms with van der Waals surface area (Å²) in [6.07, 6.45) is 0.821. The number of anilines is 2. The predicted octanol–water partition coefficient (Wildman–Crippen LogP) is 5.75. The van der Waals surface area contributed by atoms with E-state index in [4.69, 9.17) is 4.74 Å². The van der Waals surface area contributed by atoms with Crippen LogP contribution in [0.25, 0.3) is 0 Å². The number of hydrogen-bond acceptors (Lipinski definition) is 7. The van der Waals surface area contributed by atoms with Crippen molar-refractivity contribution in [3.8, 4) is 5.75 Å². The molecule has 0 unspecified atom stereocenters. The number of nitrogens with one attached hydrogen (secondary N) is 2. The third-order valence-electron chi connectivity index (χ3n) is 9.94. The van der Waals surface area contributed by atoms with Gasteiger partial charge in [-0.2, -0.15) is 0 Å². The number of aryl methyl sites for hydroxylation is 2. The molecule has 4 aliphatic rings. The van der Waals surface area contributed by atoms with E-state index in [1.54, 1.807) is 11.8 Å². The van der Waals surface area contributed by atoms with Gasteiger partial charge in [0.05, 0.1) is 22.5 Å². The Kier molecular flexibility index (Phi) is 6.76. The zero-order valence-electron chi connectivity index (χ0n) is 24.7. The van der Waals surface area contributed by atoms with Crippen molar-refractivity contribution in [2.24, 2.45) is 29.6 Å². The van der Waals surface area contributed by atoms with Crippen molar-refractivity contribution in [1.82, 2.24) is 4.98 Å². The molecule has 0 spiro atoms. The highest BCUT2D eigenvalue weighted by Crippen LogP contribution is 2.68. The van der Waals surface area contributed by atoms with Gasteiger partial charge in [0.2, 0.25) is 11.8 Å². The topological polar surface area (TPSA) is 109 Å². The number of amides is 3. The molecule has 8 rings (SSSR count). The van der Waals surface area contributed by atoms with Crippen molar-refractivity contribution in [3.05, 3.63) is 104 Å². The minimum absolute atomic E-state index is 0.0182. The molecule has 4 aromatic rings. The lowest BCUT2D eigenvalue weighted by molar-refractivity contribution is -0.123. The Morgan fingerprint density at radius 3 is 2.36 bits per heavy atom. The van der Waals surface area contributed by atoms with E-state index in [2.05, 4.69) is 10.3 Å². The number of carbonyl (C=O) groups excluding carboxylic acids is 3. The first kappa shape index (κ1) is 28.3. The average molecular weight is 638 g/mol. The monoisotopic (exact) mass is 637 g/mol. The van der Waals surface area contributed by atoms with Crippen LogP contribution >= 0.6 is 23.1 Å². The van der Waals surface area contributed by atoms with Crippen molar-refractivity contribution in [2.45, 2.75) is 36.5 Å². The number of imide groups is 1. The second-order valence-corrected chi connectivity index (χ2v) is 14.8. The molecule has 3 aromatic carbocycles. The molecule has 228 valence electrons. The van der Waals surface area contributed by atoms with Gasteiger partial charge in [-0.25, -0.2) is 0 Å². The minimum atomic E-state index is -0.365. The molecule has 2 aliphatic heterocycles. The van der Waals surface area contributed by atoms with E-state index in [0.717, 1.165) is 33.0 Å². The molecule has 3 fully saturated rings. The maximum Gasteiger partial charge on any atom is 0.305 e. The second kappa shape index (κ2) is 10.7. The average Bonchev–Trinajstić information content (AvgIpc) is 3.77. The summed E-state index contributed by atoms with van der Waals surface area (Å²) in [6.45, 7) is 3.83. The van der Waals surface area contributed by atoms with E-state index in [9.17, 15) is 19.2 Å². The Labute approximate surface area is 268 Å². The second-order valence-electron chi connectivity index (χ2n) is 12.6. The van der Waals surface area contributed by atoms with Crippen molar-refractivity contribution in [2.75, 3.05) is 16.8 Å². The number of ether oxygens (including phenoxy) is 1. The van der Waals surface area contributed by atoms with E-state index in [-0.39, 0.29) is 70.0 Å². The van der Waals surface area contributed by atoms with Crippen LogP contribution in [0.15, 0.2) is 82.6 Å². The molecule has 1 aromatic heterocycles. The van der Waals surface area contributed by atoms with Crippen LogP contribution in [0.3, 0.4) is 0 Å². The van der Waals surface area contributed by atoms with Crippen LogP contribution in [0.1, 0.15) is 33.9 Å². The molecule has 1 saturated heterocycles. The Hall–Kier alpha value is -4.15. The molecule has 2 aliphatic carbocycles. The lowest BCUT2D eigenvalue weighted by atomic mass is 9.68. The highest BCUT2D eigenvalue weighted by Gasteiger charge is 2.69. The number of H-pyrrole nitrogens is 1. The molecular formula is C35H31N3O5S2. The third kappa shape index (κ3) is 4.65. The summed E-state index contributed by atoms with van der Waals surface area (Å²) in [6, 6.07) is 22.9. The maximum atomic E-state index is 14.0. The largest absolute Gasteiger partial charge is 0.484 e. The SMILES string of the molecule is Cc1ccc(NC(=O)COc2cccc([C@@H]3c4sc(=O)[nH]c4S[C@@H]4[C@@H]5C[C@@H]([C@@H]6C(=O)N(c7ccc(C)cc7)C(=O)[C@@H]56)[C@H]34)c2)cc1. The number of carbonyl (C=O) groups is 3. The van der Waals surface area contributed by atoms with Gasteiger partial charge < -0.3 is 15.0 Å². The fraction of sp³-hybridized carbons (Fsp3) is 0.314. The first-order valence-electron chi connectivity index (χ1n) is 15.2. The third-order valence-corrected chi connectivity index (χ3v) is 12.5. The smallest absolute Gasteiger partial charge is 0.305 e. The van der Waals surface area contributed by atoms with Gasteiger partial charge in [0.25, 0.3) is 5.91 Å². The molecule has 2 saturated carbocycles. The number of hydrogen-bond donors (Lipinski definition) is 2. The van der Waals surface area contributed by atoms with Crippen LogP contribution in [-0.2, 0) is 14.4 Å². The minimum Gasteiger partial charge on any atom is -0.484 e. The molecule has 3 heterocycles. The zero-order valence-corrected chi connectivity index (χ0v) is 26.3. The van der Waals surface area contributed by atoms with Gasteiger partial charge in [-0.1, -0.05) is 58.9 Å². The number of thioether (sulfide) groups is 1. The number of nitrogens with zero attached hydrogens (tertiary/aromatic N) is 1. The van der Waals surface area contributed by atoms with Crippen LogP contribution in [0.2, 0.25) is 0 Å². The van der Waals surface area contributed by atoms with Crippen molar-refractivity contribution < 1.29 is 19.1 Å². The van der Waals surface area contributed by atoms with E-state index in [1.807, 2.05) is 86.6 Å². The first-order chi connectivity index (χ1) is 21.8. The lowest BCUT2D eigenvalue weighted by Gasteiger charge is -2.43. The highest BCUT2D eigenvalue weighted by molar-refractivity contribution is 8.00. The quantitative estimate of drug-likeness (QED) is 0.261. The molecule has 3 amide bonds. The molecule has 8 nitrogen and oxygen atoms in total. The Morgan fingerprint density at radius 1 is 0.933 bits per heavy atom. The van der Waals surface area contributed by atoms with Gasteiger partial charge in [-0.15, -0.1) is 11.8 Å². The summed E-state index contributed by atoms with van der Waals surface area (Å²) in [5.41, 5.74) is 4.50. The number of benzene rings is 3. The van der Waals surface area contributed by atoms with E-state index in [1.165, 1.54) is 16.2 Å². The number of aromatic amines is 1. The molecule has 2 N–H and O–H groups in total. The number of rotatable bonds is 6. The fourth-order valence-electron chi connectivity index (χ4n) is 8.12. The Morgan fingerprint density at radius 2 is 1.62 bits per heavy atom. The molecule has 2 bridgehead atoms. The molecule has 10 heteroatoms. The van der Waals surface area contributed by atoms with E-state index < -0.39 is 0 Å². The molecular weight excluding hydrogens is 607 g/mol. The Bertz CT molecular complexity index is 1900. The zero-order chi connectivity index (χ0) is 31.0. The van der Waals surface area contributed by atoms with Crippen LogP contribution in [0, 0.1) is 43.4 Å². The summed E-state index contributed by atoms with van der Waals surface area (Å²) in [7, 11) is 0. The summed E-state index contributed by atoms with van der Waals surface area (Å²) in [5, 5.41) is 3.82. The van der Waals surface area contributed by atoms with Gasteiger partial charge in [-0.3, -0.25) is 24.1 Å². The standard InChI is InChI=1S/C35H31N3O5S2/c1-17-6-10-20(11-7-17)36-25(39)16-43-22-5-3-4-19(14-22)26-27-23-15-24(30(27)44-32-31(26)45-35(42)37-32)29-28(23)33(40)38(34(29)41)21-12-8-18(2)9-13-21/h3-14,23-24,26-30H,15-16H2,1-2H3,(H,36,39)(H,37,42)/t23-,24-,26+,27-,28+,29+,30-/m1/s1. The van der Waals surface area contributed by atoms with Gasteiger partial charge >= 0.3 is 4.87 Å². The van der Waals surface area contributed by atoms with Crippen LogP contribution in [0.5, 0.6) is 5.75 Å². The summed E-state index contributed by atoms with van der Waals surface area (Å²) in [4.78, 5) is 58.4. The highest BCUT2D eigenvalue weighted by atomic mass is 32.2. The van der Waals surface area contributed by atoms with Crippen LogP contribution in [0.4, 0.5) is 11.4 Å². The number of fused-ring (bicyclic) bond motifs is 9. The van der Waals surface area contributed by atoms with Crippen molar-refractivity contribution >= 4 is 52.2 Å². The normalized spacial score (nSPS) is 27.7. The predicted molar refractivity (Wildman–Crippen MR) is 174 cm³/mol. The maximum absolute atomic E-state index is 14.0. The summed E-state index contributed by atoms with van der Waals surface area (Å²) < 4.78 is 5.94. The fourth-order valence-corrected chi connectivity index (χ4v) is 11.0. The van der Waals surface area contributed by atoms with Crippen LogP contribution < -0.4 is 19.8 Å².